The van der Waals surface area contributed by atoms with E-state index in [-0.39, 0.29) is 0 Å². The van der Waals surface area contributed by atoms with Crippen molar-refractivity contribution in [3.05, 3.63) is 0 Å². The second kappa shape index (κ2) is 8.06. The molecule has 10 heavy (non-hydrogen) atoms. The summed E-state index contributed by atoms with van der Waals surface area (Å²) < 4.78 is 0. The summed E-state index contributed by atoms with van der Waals surface area (Å²) >= 11 is 7.08. The molecular formula is C8H16Br2. The van der Waals surface area contributed by atoms with Crippen LogP contribution in [0.25, 0.3) is 0 Å². The van der Waals surface area contributed by atoms with E-state index >= 15 is 0 Å². The van der Waals surface area contributed by atoms with Gasteiger partial charge in [-0.3, -0.25) is 0 Å². The Morgan fingerprint density at radius 1 is 1.20 bits per heavy atom. The first-order valence-electron chi connectivity index (χ1n) is 4.01. The van der Waals surface area contributed by atoms with Crippen LogP contribution >= 0.6 is 31.9 Å². The monoisotopic (exact) mass is 270 g/mol. The molecule has 0 saturated heterocycles. The SMILES string of the molecule is CCCCC(Br)CCCBr. The Hall–Kier alpha value is 0.960. The molecule has 0 rings (SSSR count). The van der Waals surface area contributed by atoms with Crippen molar-refractivity contribution in [2.24, 2.45) is 0 Å². The lowest BCUT2D eigenvalue weighted by Crippen LogP contribution is -1.97. The van der Waals surface area contributed by atoms with Gasteiger partial charge in [-0.25, -0.2) is 0 Å². The van der Waals surface area contributed by atoms with Gasteiger partial charge in [-0.1, -0.05) is 51.6 Å². The molecule has 62 valence electrons. The van der Waals surface area contributed by atoms with Gasteiger partial charge in [0.15, 0.2) is 0 Å². The van der Waals surface area contributed by atoms with Crippen LogP contribution in [0, 0.1) is 0 Å². The van der Waals surface area contributed by atoms with E-state index in [1.165, 1.54) is 32.1 Å². The maximum absolute atomic E-state index is 3.66. The van der Waals surface area contributed by atoms with Crippen LogP contribution in [-0.2, 0) is 0 Å². The predicted octanol–water partition coefficient (Wildman–Crippen LogP) is 4.12. The van der Waals surface area contributed by atoms with Crippen molar-refractivity contribution in [1.29, 1.82) is 0 Å². The van der Waals surface area contributed by atoms with Crippen LogP contribution in [0.5, 0.6) is 0 Å². The number of unbranched alkanes of at least 4 members (excludes halogenated alkanes) is 1. The molecule has 0 aromatic rings. The highest BCUT2D eigenvalue weighted by molar-refractivity contribution is 9.09. The van der Waals surface area contributed by atoms with Crippen LogP contribution in [0.4, 0.5) is 0 Å². The van der Waals surface area contributed by atoms with Crippen LogP contribution in [-0.4, -0.2) is 10.2 Å². The molecule has 1 atom stereocenters. The van der Waals surface area contributed by atoms with Crippen molar-refractivity contribution < 1.29 is 0 Å². The third kappa shape index (κ3) is 7.07. The summed E-state index contributed by atoms with van der Waals surface area (Å²) in [5, 5.41) is 1.14. The van der Waals surface area contributed by atoms with Gasteiger partial charge in [-0.15, -0.1) is 0 Å². The summed E-state index contributed by atoms with van der Waals surface area (Å²) in [5.74, 6) is 0. The summed E-state index contributed by atoms with van der Waals surface area (Å²) in [6, 6.07) is 0. The summed E-state index contributed by atoms with van der Waals surface area (Å²) in [6.45, 7) is 2.24. The lowest BCUT2D eigenvalue weighted by Gasteiger charge is -2.06. The van der Waals surface area contributed by atoms with Crippen LogP contribution in [0.15, 0.2) is 0 Å². The first kappa shape index (κ1) is 11.0. The maximum Gasteiger partial charge on any atom is 0.0146 e. The van der Waals surface area contributed by atoms with E-state index in [0.717, 1.165) is 10.2 Å². The van der Waals surface area contributed by atoms with Gasteiger partial charge in [0.25, 0.3) is 0 Å². The Labute approximate surface area is 81.0 Å². The fourth-order valence-corrected chi connectivity index (χ4v) is 1.84. The van der Waals surface area contributed by atoms with E-state index in [0.29, 0.717) is 0 Å². The number of alkyl halides is 2. The number of halogens is 2. The lowest BCUT2D eigenvalue weighted by molar-refractivity contribution is 0.650. The van der Waals surface area contributed by atoms with Crippen molar-refractivity contribution in [2.45, 2.75) is 43.9 Å². The van der Waals surface area contributed by atoms with Gasteiger partial charge in [-0.05, 0) is 19.3 Å². The zero-order valence-electron chi connectivity index (χ0n) is 6.58. The first-order chi connectivity index (χ1) is 4.81. The zero-order valence-corrected chi connectivity index (χ0v) is 9.75. The van der Waals surface area contributed by atoms with Crippen molar-refractivity contribution in [3.63, 3.8) is 0 Å². The third-order valence-electron chi connectivity index (χ3n) is 1.52. The maximum atomic E-state index is 3.66. The molecule has 1 unspecified atom stereocenters. The molecule has 0 N–H and O–H groups in total. The Kier molecular flexibility index (Phi) is 8.83. The number of rotatable bonds is 6. The number of hydrogen-bond donors (Lipinski definition) is 0. The summed E-state index contributed by atoms with van der Waals surface area (Å²) in [4.78, 5) is 0.755. The van der Waals surface area contributed by atoms with Crippen LogP contribution in [0.2, 0.25) is 0 Å². The summed E-state index contributed by atoms with van der Waals surface area (Å²) in [7, 11) is 0. The smallest absolute Gasteiger partial charge is 0.0146 e. The van der Waals surface area contributed by atoms with Crippen molar-refractivity contribution in [3.8, 4) is 0 Å². The van der Waals surface area contributed by atoms with Gasteiger partial charge in [0.2, 0.25) is 0 Å². The summed E-state index contributed by atoms with van der Waals surface area (Å²) in [6.07, 6.45) is 6.61. The second-order valence-corrected chi connectivity index (χ2v) is 4.66. The van der Waals surface area contributed by atoms with E-state index < -0.39 is 0 Å². The molecule has 0 radical (unpaired) electrons. The van der Waals surface area contributed by atoms with Gasteiger partial charge >= 0.3 is 0 Å². The Balaban J connectivity index is 3.00. The molecule has 0 nitrogen and oxygen atoms in total. The molecule has 0 aromatic carbocycles. The Morgan fingerprint density at radius 2 is 1.80 bits per heavy atom. The second-order valence-electron chi connectivity index (χ2n) is 2.57. The van der Waals surface area contributed by atoms with Crippen molar-refractivity contribution in [1.82, 2.24) is 0 Å². The van der Waals surface area contributed by atoms with Gasteiger partial charge in [0.1, 0.15) is 0 Å². The van der Waals surface area contributed by atoms with Gasteiger partial charge in [0.05, 0.1) is 0 Å². The molecular weight excluding hydrogens is 256 g/mol. The Bertz CT molecular complexity index is 56.3. The standard InChI is InChI=1S/C8H16Br2/c1-2-3-5-8(10)6-4-7-9/h8H,2-7H2,1H3. The van der Waals surface area contributed by atoms with E-state index in [1.807, 2.05) is 0 Å². The highest BCUT2D eigenvalue weighted by Gasteiger charge is 2.01. The molecule has 0 amide bonds. The van der Waals surface area contributed by atoms with Gasteiger partial charge in [-0.2, -0.15) is 0 Å². The van der Waals surface area contributed by atoms with E-state index in [9.17, 15) is 0 Å². The van der Waals surface area contributed by atoms with Gasteiger partial charge in [0, 0.05) is 10.2 Å². The Morgan fingerprint density at radius 3 is 2.30 bits per heavy atom. The van der Waals surface area contributed by atoms with E-state index in [2.05, 4.69) is 38.8 Å². The molecule has 0 aromatic heterocycles. The van der Waals surface area contributed by atoms with Crippen LogP contribution < -0.4 is 0 Å². The molecule has 0 saturated carbocycles. The van der Waals surface area contributed by atoms with Crippen molar-refractivity contribution in [2.75, 3.05) is 5.33 Å². The fraction of sp³-hybridized carbons (Fsp3) is 1.00. The molecule has 0 aliphatic carbocycles. The van der Waals surface area contributed by atoms with Crippen LogP contribution in [0.3, 0.4) is 0 Å². The molecule has 0 heterocycles. The normalized spacial score (nSPS) is 13.5. The van der Waals surface area contributed by atoms with Crippen LogP contribution in [0.1, 0.15) is 39.0 Å². The molecule has 0 aliphatic heterocycles. The minimum Gasteiger partial charge on any atom is -0.0928 e. The van der Waals surface area contributed by atoms with Crippen molar-refractivity contribution >= 4 is 31.9 Å². The fourth-order valence-electron chi connectivity index (χ4n) is 0.869. The lowest BCUT2D eigenvalue weighted by atomic mass is 10.1. The molecule has 0 spiro atoms. The molecule has 2 heteroatoms. The zero-order chi connectivity index (χ0) is 7.82. The third-order valence-corrected chi connectivity index (χ3v) is 3.00. The van der Waals surface area contributed by atoms with E-state index in [4.69, 9.17) is 0 Å². The first-order valence-corrected chi connectivity index (χ1v) is 6.05. The molecule has 0 fully saturated rings. The molecule has 0 aliphatic rings. The highest BCUT2D eigenvalue weighted by atomic mass is 79.9. The number of hydrogen-bond acceptors (Lipinski definition) is 0. The topological polar surface area (TPSA) is 0 Å². The summed E-state index contributed by atoms with van der Waals surface area (Å²) in [5.41, 5.74) is 0. The highest BCUT2D eigenvalue weighted by Crippen LogP contribution is 2.15. The minimum atomic E-state index is 0.755. The van der Waals surface area contributed by atoms with Gasteiger partial charge < -0.3 is 0 Å². The molecule has 0 bridgehead atoms. The van der Waals surface area contributed by atoms with E-state index in [1.54, 1.807) is 0 Å². The largest absolute Gasteiger partial charge is 0.0928 e. The average molecular weight is 272 g/mol. The average Bonchev–Trinajstić information content (AvgIpc) is 1.97. The predicted molar refractivity (Wildman–Crippen MR) is 55.3 cm³/mol. The quantitative estimate of drug-likeness (QED) is 0.638. The minimum absolute atomic E-state index is 0.755.